The van der Waals surface area contributed by atoms with E-state index in [2.05, 4.69) is 49.4 Å². The summed E-state index contributed by atoms with van der Waals surface area (Å²) in [5.41, 5.74) is 2.76. The predicted octanol–water partition coefficient (Wildman–Crippen LogP) is 5.30. The molecule has 0 saturated carbocycles. The largest absolute Gasteiger partial charge is 0.493 e. The maximum Gasteiger partial charge on any atom is 0.160 e. The SMILES string of the molecule is COc1ccc(CC(C)CCCCc2ccccc2)cc1OC. The minimum absolute atomic E-state index is 0.684. The van der Waals surface area contributed by atoms with Gasteiger partial charge in [-0.25, -0.2) is 0 Å². The lowest BCUT2D eigenvalue weighted by molar-refractivity contribution is 0.354. The predicted molar refractivity (Wildman–Crippen MR) is 96.4 cm³/mol. The molecule has 2 aromatic carbocycles. The lowest BCUT2D eigenvalue weighted by atomic mass is 9.94. The average molecular weight is 312 g/mol. The van der Waals surface area contributed by atoms with Crippen LogP contribution < -0.4 is 9.47 Å². The summed E-state index contributed by atoms with van der Waals surface area (Å²) in [5.74, 6) is 2.30. The van der Waals surface area contributed by atoms with E-state index in [0.29, 0.717) is 5.92 Å². The molecule has 124 valence electrons. The van der Waals surface area contributed by atoms with Crippen LogP contribution in [0.3, 0.4) is 0 Å². The van der Waals surface area contributed by atoms with Gasteiger partial charge in [-0.3, -0.25) is 0 Å². The lowest BCUT2D eigenvalue weighted by Crippen LogP contribution is -2.01. The summed E-state index contributed by atoms with van der Waals surface area (Å²) in [7, 11) is 3.36. The molecule has 0 saturated heterocycles. The van der Waals surface area contributed by atoms with Crippen LogP contribution in [0.1, 0.15) is 37.3 Å². The molecule has 0 radical (unpaired) electrons. The molecule has 2 heteroatoms. The fourth-order valence-electron chi connectivity index (χ4n) is 2.98. The highest BCUT2D eigenvalue weighted by molar-refractivity contribution is 5.42. The van der Waals surface area contributed by atoms with Crippen molar-refractivity contribution in [2.45, 2.75) is 39.0 Å². The third-order valence-electron chi connectivity index (χ3n) is 4.29. The Morgan fingerprint density at radius 2 is 1.57 bits per heavy atom. The molecular formula is C21H28O2. The normalized spacial score (nSPS) is 12.0. The molecule has 0 aromatic heterocycles. The molecule has 2 rings (SSSR count). The van der Waals surface area contributed by atoms with Gasteiger partial charge in [0.25, 0.3) is 0 Å². The molecule has 1 unspecified atom stereocenters. The van der Waals surface area contributed by atoms with Crippen molar-refractivity contribution in [1.82, 2.24) is 0 Å². The number of methoxy groups -OCH3 is 2. The van der Waals surface area contributed by atoms with Crippen molar-refractivity contribution in [2.24, 2.45) is 5.92 Å². The highest BCUT2D eigenvalue weighted by Crippen LogP contribution is 2.29. The van der Waals surface area contributed by atoms with E-state index in [1.165, 1.54) is 36.8 Å². The smallest absolute Gasteiger partial charge is 0.160 e. The summed E-state index contributed by atoms with van der Waals surface area (Å²) in [6, 6.07) is 17.0. The molecule has 0 spiro atoms. The van der Waals surface area contributed by atoms with Crippen molar-refractivity contribution in [1.29, 1.82) is 0 Å². The van der Waals surface area contributed by atoms with E-state index >= 15 is 0 Å². The summed E-state index contributed by atoms with van der Waals surface area (Å²) >= 11 is 0. The molecule has 0 N–H and O–H groups in total. The van der Waals surface area contributed by atoms with Crippen molar-refractivity contribution in [3.05, 3.63) is 59.7 Å². The topological polar surface area (TPSA) is 18.5 Å². The molecule has 0 aliphatic heterocycles. The Labute approximate surface area is 140 Å². The molecule has 1 atom stereocenters. The van der Waals surface area contributed by atoms with E-state index in [1.807, 2.05) is 6.07 Å². The molecule has 0 aliphatic carbocycles. The Bertz CT molecular complexity index is 578. The zero-order valence-corrected chi connectivity index (χ0v) is 14.5. The first-order chi connectivity index (χ1) is 11.2. The van der Waals surface area contributed by atoms with Gasteiger partial charge in [-0.05, 0) is 48.4 Å². The number of ether oxygens (including phenoxy) is 2. The number of aryl methyl sites for hydroxylation is 1. The van der Waals surface area contributed by atoms with E-state index in [4.69, 9.17) is 9.47 Å². The maximum atomic E-state index is 5.38. The van der Waals surface area contributed by atoms with E-state index in [-0.39, 0.29) is 0 Å². The Morgan fingerprint density at radius 1 is 0.826 bits per heavy atom. The number of unbranched alkanes of at least 4 members (excludes halogenated alkanes) is 1. The maximum absolute atomic E-state index is 5.38. The summed E-state index contributed by atoms with van der Waals surface area (Å²) in [6.45, 7) is 2.33. The van der Waals surface area contributed by atoms with Gasteiger partial charge in [0.1, 0.15) is 0 Å². The van der Waals surface area contributed by atoms with Gasteiger partial charge in [0, 0.05) is 0 Å². The molecule has 23 heavy (non-hydrogen) atoms. The molecular weight excluding hydrogens is 284 g/mol. The number of benzene rings is 2. The van der Waals surface area contributed by atoms with Gasteiger partial charge < -0.3 is 9.47 Å². The van der Waals surface area contributed by atoms with Crippen LogP contribution in [0.4, 0.5) is 0 Å². The molecule has 2 aromatic rings. The van der Waals surface area contributed by atoms with Crippen molar-refractivity contribution >= 4 is 0 Å². The third kappa shape index (κ3) is 5.63. The number of rotatable bonds is 9. The van der Waals surface area contributed by atoms with Gasteiger partial charge in [0.05, 0.1) is 14.2 Å². The molecule has 0 fully saturated rings. The summed E-state index contributed by atoms with van der Waals surface area (Å²) < 4.78 is 10.7. The van der Waals surface area contributed by atoms with E-state index in [9.17, 15) is 0 Å². The van der Waals surface area contributed by atoms with Crippen LogP contribution in [0.2, 0.25) is 0 Å². The summed E-state index contributed by atoms with van der Waals surface area (Å²) in [5, 5.41) is 0. The van der Waals surface area contributed by atoms with E-state index in [1.54, 1.807) is 14.2 Å². The third-order valence-corrected chi connectivity index (χ3v) is 4.29. The van der Waals surface area contributed by atoms with Crippen LogP contribution in [-0.4, -0.2) is 14.2 Å². The van der Waals surface area contributed by atoms with Gasteiger partial charge in [-0.2, -0.15) is 0 Å². The monoisotopic (exact) mass is 312 g/mol. The van der Waals surface area contributed by atoms with Crippen molar-refractivity contribution < 1.29 is 9.47 Å². The van der Waals surface area contributed by atoms with Gasteiger partial charge in [0.15, 0.2) is 11.5 Å². The molecule has 0 heterocycles. The van der Waals surface area contributed by atoms with Crippen molar-refractivity contribution in [3.63, 3.8) is 0 Å². The van der Waals surface area contributed by atoms with Crippen LogP contribution in [-0.2, 0) is 12.8 Å². The minimum Gasteiger partial charge on any atom is -0.493 e. The zero-order valence-electron chi connectivity index (χ0n) is 14.5. The lowest BCUT2D eigenvalue weighted by Gasteiger charge is -2.14. The number of hydrogen-bond acceptors (Lipinski definition) is 2. The van der Waals surface area contributed by atoms with Crippen LogP contribution in [0.25, 0.3) is 0 Å². The second kappa shape index (κ2) is 9.24. The molecule has 0 aliphatic rings. The summed E-state index contributed by atoms with van der Waals surface area (Å²) in [4.78, 5) is 0. The van der Waals surface area contributed by atoms with E-state index in [0.717, 1.165) is 17.9 Å². The van der Waals surface area contributed by atoms with Crippen LogP contribution >= 0.6 is 0 Å². The highest BCUT2D eigenvalue weighted by Gasteiger charge is 2.08. The van der Waals surface area contributed by atoms with Crippen LogP contribution in [0, 0.1) is 5.92 Å². The first-order valence-corrected chi connectivity index (χ1v) is 8.47. The Kier molecular flexibility index (Phi) is 6.99. The minimum atomic E-state index is 0.684. The van der Waals surface area contributed by atoms with Crippen molar-refractivity contribution in [2.75, 3.05) is 14.2 Å². The second-order valence-corrected chi connectivity index (χ2v) is 6.23. The first kappa shape index (κ1) is 17.4. The van der Waals surface area contributed by atoms with Crippen LogP contribution in [0.5, 0.6) is 11.5 Å². The Morgan fingerprint density at radius 3 is 2.26 bits per heavy atom. The Hall–Kier alpha value is -1.96. The second-order valence-electron chi connectivity index (χ2n) is 6.23. The standard InChI is InChI=1S/C21H28O2/c1-17(9-7-8-12-18-10-5-4-6-11-18)15-19-13-14-20(22-2)21(16-19)23-3/h4-6,10-11,13-14,16-17H,7-9,12,15H2,1-3H3. The molecule has 2 nitrogen and oxygen atoms in total. The van der Waals surface area contributed by atoms with Gasteiger partial charge in [-0.1, -0.05) is 56.2 Å². The zero-order chi connectivity index (χ0) is 16.5. The van der Waals surface area contributed by atoms with Gasteiger partial charge in [-0.15, -0.1) is 0 Å². The van der Waals surface area contributed by atoms with Crippen molar-refractivity contribution in [3.8, 4) is 11.5 Å². The summed E-state index contributed by atoms with van der Waals surface area (Å²) in [6.07, 6.45) is 6.08. The quantitative estimate of drug-likeness (QED) is 0.585. The fourth-order valence-corrected chi connectivity index (χ4v) is 2.98. The van der Waals surface area contributed by atoms with E-state index < -0.39 is 0 Å². The average Bonchev–Trinajstić information content (AvgIpc) is 2.59. The first-order valence-electron chi connectivity index (χ1n) is 8.47. The molecule has 0 amide bonds. The van der Waals surface area contributed by atoms with Gasteiger partial charge >= 0.3 is 0 Å². The number of hydrogen-bond donors (Lipinski definition) is 0. The Balaban J connectivity index is 1.75. The van der Waals surface area contributed by atoms with Crippen LogP contribution in [0.15, 0.2) is 48.5 Å². The molecule has 0 bridgehead atoms. The fraction of sp³-hybridized carbons (Fsp3) is 0.429. The highest BCUT2D eigenvalue weighted by atomic mass is 16.5. The van der Waals surface area contributed by atoms with Gasteiger partial charge in [0.2, 0.25) is 0 Å².